The number of carbonyl (C=O) groups excluding carboxylic acids is 1. The minimum Gasteiger partial charge on any atom is -0.391 e. The number of amides is 1. The molecule has 0 radical (unpaired) electrons. The van der Waals surface area contributed by atoms with Crippen LogP contribution in [0.5, 0.6) is 0 Å². The maximum atomic E-state index is 11.9. The van der Waals surface area contributed by atoms with Gasteiger partial charge in [-0.2, -0.15) is 0 Å². The van der Waals surface area contributed by atoms with Gasteiger partial charge in [-0.1, -0.05) is 32.1 Å². The molecular weight excluding hydrogens is 240 g/mol. The number of thiocarbonyl (C=S) groups is 1. The Morgan fingerprint density at radius 3 is 2.56 bits per heavy atom. The van der Waals surface area contributed by atoms with E-state index in [-0.39, 0.29) is 5.91 Å². The Bertz CT molecular complexity index is 369. The monoisotopic (exact) mass is 256 g/mol. The smallest absolute Gasteiger partial charge is 0.262 e. The lowest BCUT2D eigenvalue weighted by molar-refractivity contribution is 0.0924. The average Bonchev–Trinajstić information content (AvgIpc) is 2.78. The first-order valence-electron chi connectivity index (χ1n) is 5.21. The van der Waals surface area contributed by atoms with Crippen molar-refractivity contribution in [3.05, 3.63) is 22.4 Å². The zero-order valence-electron chi connectivity index (χ0n) is 9.45. The number of hydrogen-bond acceptors (Lipinski definition) is 3. The fourth-order valence-electron chi connectivity index (χ4n) is 1.52. The number of nitrogens with two attached hydrogens (primary N) is 1. The summed E-state index contributed by atoms with van der Waals surface area (Å²) in [6, 6.07) is 3.63. The summed E-state index contributed by atoms with van der Waals surface area (Å²) < 4.78 is 0. The summed E-state index contributed by atoms with van der Waals surface area (Å²) in [6.07, 6.45) is 1.41. The lowest BCUT2D eigenvalue weighted by Crippen LogP contribution is -2.55. The third-order valence-electron chi connectivity index (χ3n) is 2.78. The third-order valence-corrected chi connectivity index (χ3v) is 4.04. The molecule has 0 unspecified atom stereocenters. The highest BCUT2D eigenvalue weighted by molar-refractivity contribution is 7.80. The van der Waals surface area contributed by atoms with Crippen LogP contribution in [0.1, 0.15) is 36.4 Å². The van der Waals surface area contributed by atoms with Gasteiger partial charge in [0.2, 0.25) is 0 Å². The van der Waals surface area contributed by atoms with Crippen molar-refractivity contribution in [1.29, 1.82) is 0 Å². The van der Waals surface area contributed by atoms with Gasteiger partial charge >= 0.3 is 0 Å². The second-order valence-electron chi connectivity index (χ2n) is 3.58. The maximum Gasteiger partial charge on any atom is 0.262 e. The second-order valence-corrected chi connectivity index (χ2v) is 4.97. The zero-order chi connectivity index (χ0) is 12.2. The molecule has 5 heteroatoms. The van der Waals surface area contributed by atoms with Gasteiger partial charge in [-0.3, -0.25) is 4.79 Å². The van der Waals surface area contributed by atoms with Gasteiger partial charge < -0.3 is 11.1 Å². The Morgan fingerprint density at radius 1 is 1.56 bits per heavy atom. The summed E-state index contributed by atoms with van der Waals surface area (Å²) in [5.41, 5.74) is 5.16. The van der Waals surface area contributed by atoms with Gasteiger partial charge in [0, 0.05) is 0 Å². The number of rotatable bonds is 5. The number of carbonyl (C=O) groups is 1. The number of nitrogens with one attached hydrogen (secondary N) is 1. The molecule has 88 valence electrons. The van der Waals surface area contributed by atoms with E-state index in [4.69, 9.17) is 18.0 Å². The van der Waals surface area contributed by atoms with Crippen LogP contribution < -0.4 is 11.1 Å². The van der Waals surface area contributed by atoms with E-state index < -0.39 is 5.54 Å². The molecular formula is C11H16N2OS2. The van der Waals surface area contributed by atoms with Crippen LogP contribution in [0.2, 0.25) is 0 Å². The molecule has 0 saturated heterocycles. The molecule has 0 aliphatic carbocycles. The van der Waals surface area contributed by atoms with Gasteiger partial charge in [0.1, 0.15) is 0 Å². The molecule has 1 aromatic rings. The third kappa shape index (κ3) is 2.59. The van der Waals surface area contributed by atoms with Crippen molar-refractivity contribution in [1.82, 2.24) is 5.32 Å². The molecule has 0 aliphatic heterocycles. The molecule has 0 aliphatic rings. The van der Waals surface area contributed by atoms with E-state index in [0.717, 1.165) is 0 Å². The standard InChI is InChI=1S/C11H16N2OS2/c1-3-11(4-2,10(12)15)13-9(14)8-6-5-7-16-8/h5-7H,3-4H2,1-2H3,(H2,12,15)(H,13,14). The van der Waals surface area contributed by atoms with Gasteiger partial charge in [-0.25, -0.2) is 0 Å². The molecule has 3 N–H and O–H groups in total. The van der Waals surface area contributed by atoms with Crippen molar-refractivity contribution < 1.29 is 4.79 Å². The van der Waals surface area contributed by atoms with E-state index >= 15 is 0 Å². The van der Waals surface area contributed by atoms with Crippen LogP contribution in [0.15, 0.2) is 17.5 Å². The topological polar surface area (TPSA) is 55.1 Å². The first-order chi connectivity index (χ1) is 7.55. The predicted octanol–water partition coefficient (Wildman–Crippen LogP) is 2.32. The van der Waals surface area contributed by atoms with Crippen molar-refractivity contribution in [2.45, 2.75) is 32.2 Å². The lowest BCUT2D eigenvalue weighted by Gasteiger charge is -2.31. The SMILES string of the molecule is CCC(CC)(NC(=O)c1cccs1)C(N)=S. The summed E-state index contributed by atoms with van der Waals surface area (Å²) in [5, 5.41) is 4.81. The van der Waals surface area contributed by atoms with Crippen molar-refractivity contribution in [3.8, 4) is 0 Å². The molecule has 16 heavy (non-hydrogen) atoms. The van der Waals surface area contributed by atoms with Crippen LogP contribution in [-0.4, -0.2) is 16.4 Å². The van der Waals surface area contributed by atoms with Gasteiger partial charge in [-0.15, -0.1) is 11.3 Å². The summed E-state index contributed by atoms with van der Waals surface area (Å²) in [4.78, 5) is 13.0. The molecule has 0 saturated carbocycles. The van der Waals surface area contributed by atoms with Crippen molar-refractivity contribution in [2.75, 3.05) is 0 Å². The Hall–Kier alpha value is -0.940. The summed E-state index contributed by atoms with van der Waals surface area (Å²) in [6.45, 7) is 3.94. The zero-order valence-corrected chi connectivity index (χ0v) is 11.1. The largest absolute Gasteiger partial charge is 0.391 e. The van der Waals surface area contributed by atoms with Crippen LogP contribution in [0, 0.1) is 0 Å². The minimum atomic E-state index is -0.559. The summed E-state index contributed by atoms with van der Waals surface area (Å²) in [7, 11) is 0. The van der Waals surface area contributed by atoms with E-state index in [1.54, 1.807) is 6.07 Å². The molecule has 1 aromatic heterocycles. The van der Waals surface area contributed by atoms with E-state index in [0.29, 0.717) is 22.7 Å². The van der Waals surface area contributed by atoms with E-state index in [1.807, 2.05) is 25.3 Å². The van der Waals surface area contributed by atoms with Crippen LogP contribution >= 0.6 is 23.6 Å². The number of hydrogen-bond donors (Lipinski definition) is 2. The van der Waals surface area contributed by atoms with Crippen LogP contribution in [0.3, 0.4) is 0 Å². The molecule has 0 aromatic carbocycles. The molecule has 0 spiro atoms. The Labute approximate surface area is 105 Å². The second kappa shape index (κ2) is 5.41. The van der Waals surface area contributed by atoms with Crippen molar-refractivity contribution in [2.24, 2.45) is 5.73 Å². The first-order valence-corrected chi connectivity index (χ1v) is 6.50. The van der Waals surface area contributed by atoms with Crippen LogP contribution in [-0.2, 0) is 0 Å². The Balaban J connectivity index is 2.84. The first kappa shape index (κ1) is 13.1. The van der Waals surface area contributed by atoms with Crippen molar-refractivity contribution >= 4 is 34.5 Å². The van der Waals surface area contributed by atoms with Gasteiger partial charge in [0.15, 0.2) is 0 Å². The van der Waals surface area contributed by atoms with Gasteiger partial charge in [0.25, 0.3) is 5.91 Å². The fraction of sp³-hybridized carbons (Fsp3) is 0.455. The quantitative estimate of drug-likeness (QED) is 0.795. The molecule has 0 atom stereocenters. The predicted molar refractivity (Wildman–Crippen MR) is 71.9 cm³/mol. The average molecular weight is 256 g/mol. The summed E-state index contributed by atoms with van der Waals surface area (Å²) in [5.74, 6) is -0.105. The normalized spacial score (nSPS) is 11.1. The molecule has 1 amide bonds. The van der Waals surface area contributed by atoms with Gasteiger partial charge in [0.05, 0.1) is 15.4 Å². The highest BCUT2D eigenvalue weighted by atomic mass is 32.1. The molecule has 1 rings (SSSR count). The van der Waals surface area contributed by atoms with Crippen molar-refractivity contribution in [3.63, 3.8) is 0 Å². The molecule has 0 fully saturated rings. The van der Waals surface area contributed by atoms with Crippen LogP contribution in [0.4, 0.5) is 0 Å². The van der Waals surface area contributed by atoms with Gasteiger partial charge in [-0.05, 0) is 24.3 Å². The highest BCUT2D eigenvalue weighted by Crippen LogP contribution is 2.18. The van der Waals surface area contributed by atoms with E-state index in [2.05, 4.69) is 5.32 Å². The molecule has 1 heterocycles. The Kier molecular flexibility index (Phi) is 4.44. The van der Waals surface area contributed by atoms with E-state index in [9.17, 15) is 4.79 Å². The lowest BCUT2D eigenvalue weighted by atomic mass is 9.92. The number of thiophene rings is 1. The fourth-order valence-corrected chi connectivity index (χ4v) is 2.48. The highest BCUT2D eigenvalue weighted by Gasteiger charge is 2.31. The van der Waals surface area contributed by atoms with Crippen LogP contribution in [0.25, 0.3) is 0 Å². The minimum absolute atomic E-state index is 0.105. The maximum absolute atomic E-state index is 11.9. The van der Waals surface area contributed by atoms with E-state index in [1.165, 1.54) is 11.3 Å². The molecule has 0 bridgehead atoms. The molecule has 3 nitrogen and oxygen atoms in total. The summed E-state index contributed by atoms with van der Waals surface area (Å²) >= 11 is 6.45. The Morgan fingerprint density at radius 2 is 2.19 bits per heavy atom.